The predicted octanol–water partition coefficient (Wildman–Crippen LogP) is 3.15. The van der Waals surface area contributed by atoms with Gasteiger partial charge >= 0.3 is 0 Å². The molecule has 0 fully saturated rings. The molecule has 0 radical (unpaired) electrons. The summed E-state index contributed by atoms with van der Waals surface area (Å²) in [5.74, 6) is 0. The minimum Gasteiger partial charge on any atom is -0.309 e. The fraction of sp³-hybridized carbons (Fsp3) is 0.375. The third-order valence-electron chi connectivity index (χ3n) is 3.64. The molecule has 2 atom stereocenters. The zero-order valence-corrected chi connectivity index (χ0v) is 12.7. The zero-order chi connectivity index (χ0) is 13.9. The van der Waals surface area contributed by atoms with Gasteiger partial charge in [0.25, 0.3) is 0 Å². The van der Waals surface area contributed by atoms with Crippen molar-refractivity contribution in [1.29, 1.82) is 0 Å². The van der Waals surface area contributed by atoms with Gasteiger partial charge in [-0.25, -0.2) is 9.97 Å². The number of aryl methyl sites for hydroxylation is 1. The molecule has 0 saturated carbocycles. The highest BCUT2D eigenvalue weighted by Crippen LogP contribution is 2.40. The van der Waals surface area contributed by atoms with Crippen molar-refractivity contribution in [2.45, 2.75) is 36.7 Å². The molecule has 1 aliphatic rings. The fourth-order valence-electron chi connectivity index (χ4n) is 2.75. The van der Waals surface area contributed by atoms with Gasteiger partial charge in [0.05, 0.1) is 0 Å². The van der Waals surface area contributed by atoms with Crippen molar-refractivity contribution < 1.29 is 0 Å². The molecule has 0 spiro atoms. The molecule has 1 heterocycles. The molecule has 0 bridgehead atoms. The number of fused-ring (bicyclic) bond motifs is 1. The maximum atomic E-state index is 4.52. The van der Waals surface area contributed by atoms with Gasteiger partial charge in [-0.15, -0.1) is 0 Å². The summed E-state index contributed by atoms with van der Waals surface area (Å²) < 4.78 is 0. The molecule has 1 aromatic heterocycles. The van der Waals surface area contributed by atoms with Crippen LogP contribution in [0.5, 0.6) is 0 Å². The molecule has 4 heteroatoms. The second-order valence-electron chi connectivity index (χ2n) is 5.08. The van der Waals surface area contributed by atoms with Gasteiger partial charge < -0.3 is 5.32 Å². The van der Waals surface area contributed by atoms with Crippen molar-refractivity contribution in [3.8, 4) is 0 Å². The Morgan fingerprint density at radius 1 is 1.30 bits per heavy atom. The molecule has 1 aliphatic carbocycles. The summed E-state index contributed by atoms with van der Waals surface area (Å²) >= 11 is 1.79. The van der Waals surface area contributed by atoms with Crippen LogP contribution in [0, 0.1) is 6.92 Å². The Morgan fingerprint density at radius 3 is 2.95 bits per heavy atom. The number of hydrogen-bond donors (Lipinski definition) is 1. The van der Waals surface area contributed by atoms with Gasteiger partial charge in [0.2, 0.25) is 0 Å². The van der Waals surface area contributed by atoms with Crippen LogP contribution in [-0.2, 0) is 6.42 Å². The Morgan fingerprint density at radius 2 is 2.15 bits per heavy atom. The van der Waals surface area contributed by atoms with Gasteiger partial charge in [0.15, 0.2) is 5.16 Å². The number of hydrogen-bond acceptors (Lipinski definition) is 4. The molecule has 1 N–H and O–H groups in total. The number of benzene rings is 1. The van der Waals surface area contributed by atoms with E-state index in [2.05, 4.69) is 46.5 Å². The Balaban J connectivity index is 1.83. The first-order valence-corrected chi connectivity index (χ1v) is 7.93. The summed E-state index contributed by atoms with van der Waals surface area (Å²) in [6, 6.07) is 11.1. The van der Waals surface area contributed by atoms with Gasteiger partial charge in [-0.3, -0.25) is 0 Å². The molecule has 0 amide bonds. The lowest BCUT2D eigenvalue weighted by atomic mass is 10.1. The molecule has 3 rings (SSSR count). The normalized spacial score (nSPS) is 20.9. The lowest BCUT2D eigenvalue weighted by molar-refractivity contribution is 0.559. The lowest BCUT2D eigenvalue weighted by Gasteiger charge is -2.20. The van der Waals surface area contributed by atoms with E-state index in [1.165, 1.54) is 11.1 Å². The third kappa shape index (κ3) is 2.72. The molecule has 0 aliphatic heterocycles. The van der Waals surface area contributed by atoms with Crippen LogP contribution in [0.15, 0.2) is 41.7 Å². The molecule has 3 nitrogen and oxygen atoms in total. The molecule has 104 valence electrons. The quantitative estimate of drug-likeness (QED) is 0.876. The fourth-order valence-corrected chi connectivity index (χ4v) is 3.98. The molecule has 1 aromatic carbocycles. The second kappa shape index (κ2) is 5.94. The van der Waals surface area contributed by atoms with Gasteiger partial charge in [-0.1, -0.05) is 43.0 Å². The maximum absolute atomic E-state index is 4.52. The molecule has 0 saturated heterocycles. The van der Waals surface area contributed by atoms with E-state index in [1.54, 1.807) is 11.8 Å². The van der Waals surface area contributed by atoms with Crippen LogP contribution in [-0.4, -0.2) is 21.8 Å². The van der Waals surface area contributed by atoms with E-state index in [0.717, 1.165) is 23.8 Å². The van der Waals surface area contributed by atoms with E-state index in [0.29, 0.717) is 11.3 Å². The van der Waals surface area contributed by atoms with Crippen molar-refractivity contribution in [2.75, 3.05) is 6.54 Å². The summed E-state index contributed by atoms with van der Waals surface area (Å²) in [6.45, 7) is 5.15. The molecule has 20 heavy (non-hydrogen) atoms. The molecular formula is C16H19N3S. The van der Waals surface area contributed by atoms with E-state index in [-0.39, 0.29) is 0 Å². The van der Waals surface area contributed by atoms with Crippen LogP contribution >= 0.6 is 11.8 Å². The van der Waals surface area contributed by atoms with Crippen LogP contribution < -0.4 is 5.32 Å². The number of nitrogens with zero attached hydrogens (tertiary/aromatic N) is 2. The van der Waals surface area contributed by atoms with Crippen LogP contribution in [0.3, 0.4) is 0 Å². The first kappa shape index (κ1) is 13.6. The van der Waals surface area contributed by atoms with E-state index in [4.69, 9.17) is 0 Å². The van der Waals surface area contributed by atoms with E-state index >= 15 is 0 Å². The Bertz CT molecular complexity index is 600. The van der Waals surface area contributed by atoms with Gasteiger partial charge in [-0.05, 0) is 37.1 Å². The van der Waals surface area contributed by atoms with E-state index in [1.807, 2.05) is 19.2 Å². The highest BCUT2D eigenvalue weighted by molar-refractivity contribution is 7.99. The molecule has 2 aromatic rings. The SMILES string of the molecule is CCNC1c2ccccc2CC1Sc1nccc(C)n1. The maximum Gasteiger partial charge on any atom is 0.188 e. The van der Waals surface area contributed by atoms with Crippen molar-refractivity contribution in [3.05, 3.63) is 53.3 Å². The smallest absolute Gasteiger partial charge is 0.188 e. The summed E-state index contributed by atoms with van der Waals surface area (Å²) in [5, 5.41) is 4.96. The molecular weight excluding hydrogens is 266 g/mol. The predicted molar refractivity (Wildman–Crippen MR) is 83.0 cm³/mol. The topological polar surface area (TPSA) is 37.8 Å². The van der Waals surface area contributed by atoms with Crippen LogP contribution in [0.2, 0.25) is 0 Å². The third-order valence-corrected chi connectivity index (χ3v) is 4.79. The van der Waals surface area contributed by atoms with Crippen molar-refractivity contribution in [2.24, 2.45) is 0 Å². The Labute approximate surface area is 124 Å². The summed E-state index contributed by atoms with van der Waals surface area (Å²) in [6.07, 6.45) is 2.92. The minimum absolute atomic E-state index is 0.394. The summed E-state index contributed by atoms with van der Waals surface area (Å²) in [7, 11) is 0. The van der Waals surface area contributed by atoms with Crippen molar-refractivity contribution >= 4 is 11.8 Å². The van der Waals surface area contributed by atoms with E-state index in [9.17, 15) is 0 Å². The molecule has 2 unspecified atom stereocenters. The standard InChI is InChI=1S/C16H19N3S/c1-3-17-15-13-7-5-4-6-12(13)10-14(15)20-16-18-9-8-11(2)19-16/h4-9,14-15,17H,3,10H2,1-2H3. The van der Waals surface area contributed by atoms with Crippen LogP contribution in [0.4, 0.5) is 0 Å². The van der Waals surface area contributed by atoms with Crippen molar-refractivity contribution in [3.63, 3.8) is 0 Å². The van der Waals surface area contributed by atoms with E-state index < -0.39 is 0 Å². The lowest BCUT2D eigenvalue weighted by Crippen LogP contribution is -2.27. The van der Waals surface area contributed by atoms with Gasteiger partial charge in [0.1, 0.15) is 0 Å². The number of rotatable bonds is 4. The number of thioether (sulfide) groups is 1. The second-order valence-corrected chi connectivity index (χ2v) is 6.28. The number of nitrogens with one attached hydrogen (secondary N) is 1. The summed E-state index contributed by atoms with van der Waals surface area (Å²) in [4.78, 5) is 8.90. The van der Waals surface area contributed by atoms with Gasteiger partial charge in [-0.2, -0.15) is 0 Å². The largest absolute Gasteiger partial charge is 0.309 e. The Hall–Kier alpha value is -1.39. The monoisotopic (exact) mass is 285 g/mol. The zero-order valence-electron chi connectivity index (χ0n) is 11.8. The minimum atomic E-state index is 0.394. The first-order chi connectivity index (χ1) is 9.78. The van der Waals surface area contributed by atoms with Crippen LogP contribution in [0.1, 0.15) is 29.8 Å². The number of aromatic nitrogens is 2. The average Bonchev–Trinajstić information content (AvgIpc) is 2.77. The highest BCUT2D eigenvalue weighted by Gasteiger charge is 2.32. The van der Waals surface area contributed by atoms with Gasteiger partial charge in [0, 0.05) is 23.2 Å². The highest BCUT2D eigenvalue weighted by atomic mass is 32.2. The Kier molecular flexibility index (Phi) is 4.03. The summed E-state index contributed by atoms with van der Waals surface area (Å²) in [5.41, 5.74) is 3.90. The van der Waals surface area contributed by atoms with Crippen LogP contribution in [0.25, 0.3) is 0 Å². The first-order valence-electron chi connectivity index (χ1n) is 7.05. The average molecular weight is 285 g/mol. The van der Waals surface area contributed by atoms with Crippen molar-refractivity contribution in [1.82, 2.24) is 15.3 Å².